The summed E-state index contributed by atoms with van der Waals surface area (Å²) in [5.41, 5.74) is 8.14. The lowest BCUT2D eigenvalue weighted by molar-refractivity contribution is 0.100. The van der Waals surface area contributed by atoms with E-state index in [2.05, 4.69) is 15.2 Å². The van der Waals surface area contributed by atoms with Gasteiger partial charge in [0, 0.05) is 29.2 Å². The van der Waals surface area contributed by atoms with Gasteiger partial charge in [0.2, 0.25) is 5.91 Å². The SMILES string of the molecule is Cc1ccc(C(N)=O)ccc(-c2ccncc2)n[nH]1. The molecule has 0 saturated heterocycles. The molecule has 0 atom stereocenters. The number of carbonyl (C=O) groups is 1. The Kier molecular flexibility index (Phi) is 3.87. The van der Waals surface area contributed by atoms with Crippen LogP contribution in [0, 0.1) is 6.92 Å². The number of H-pyrrole nitrogens is 1. The van der Waals surface area contributed by atoms with E-state index in [4.69, 9.17) is 5.73 Å². The van der Waals surface area contributed by atoms with Gasteiger partial charge in [-0.05, 0) is 43.3 Å². The van der Waals surface area contributed by atoms with Crippen molar-refractivity contribution in [1.29, 1.82) is 0 Å². The molecular weight excluding hydrogens is 240 g/mol. The molecule has 0 unspecified atom stereocenters. The van der Waals surface area contributed by atoms with Crippen molar-refractivity contribution in [2.75, 3.05) is 0 Å². The number of aryl methyl sites for hydroxylation is 1. The highest BCUT2D eigenvalue weighted by atomic mass is 16.1. The van der Waals surface area contributed by atoms with Crippen LogP contribution in [0.2, 0.25) is 0 Å². The highest BCUT2D eigenvalue weighted by Crippen LogP contribution is 2.13. The molecular formula is C14H14N4O. The maximum atomic E-state index is 11.3. The van der Waals surface area contributed by atoms with Crippen molar-refractivity contribution < 1.29 is 4.79 Å². The third-order valence-electron chi connectivity index (χ3n) is 2.55. The molecule has 1 amide bonds. The second-order valence-electron chi connectivity index (χ2n) is 4.01. The Balaban J connectivity index is 2.63. The molecule has 0 aliphatic heterocycles. The van der Waals surface area contributed by atoms with Gasteiger partial charge in [-0.3, -0.25) is 14.9 Å². The molecule has 0 aliphatic rings. The Hall–Kier alpha value is -2.69. The van der Waals surface area contributed by atoms with Gasteiger partial charge >= 0.3 is 0 Å². The summed E-state index contributed by atoms with van der Waals surface area (Å²) in [7, 11) is 0. The monoisotopic (exact) mass is 254 g/mol. The maximum Gasteiger partial charge on any atom is 0.248 e. The van der Waals surface area contributed by atoms with E-state index in [0.29, 0.717) is 11.3 Å². The minimum absolute atomic E-state index is 0.421. The molecule has 0 saturated carbocycles. The summed E-state index contributed by atoms with van der Waals surface area (Å²) in [4.78, 5) is 15.2. The van der Waals surface area contributed by atoms with Gasteiger partial charge in [-0.1, -0.05) is 0 Å². The Morgan fingerprint density at radius 3 is 2.47 bits per heavy atom. The second kappa shape index (κ2) is 5.77. The minimum Gasteiger partial charge on any atom is -0.366 e. The summed E-state index contributed by atoms with van der Waals surface area (Å²) >= 11 is 0. The Morgan fingerprint density at radius 1 is 1.11 bits per heavy atom. The topological polar surface area (TPSA) is 84.7 Å². The highest BCUT2D eigenvalue weighted by Gasteiger charge is 1.99. The van der Waals surface area contributed by atoms with Crippen LogP contribution in [0.5, 0.6) is 0 Å². The largest absolute Gasteiger partial charge is 0.366 e. The van der Waals surface area contributed by atoms with E-state index in [1.54, 1.807) is 36.7 Å². The molecule has 19 heavy (non-hydrogen) atoms. The van der Waals surface area contributed by atoms with Crippen molar-refractivity contribution in [3.8, 4) is 11.3 Å². The lowest BCUT2D eigenvalue weighted by Gasteiger charge is -1.96. The van der Waals surface area contributed by atoms with Crippen molar-refractivity contribution in [2.24, 2.45) is 5.73 Å². The molecule has 0 aromatic carbocycles. The third-order valence-corrected chi connectivity index (χ3v) is 2.55. The van der Waals surface area contributed by atoms with Crippen LogP contribution in [0.1, 0.15) is 16.1 Å². The van der Waals surface area contributed by atoms with Crippen LogP contribution in [-0.4, -0.2) is 21.1 Å². The first-order valence-electron chi connectivity index (χ1n) is 5.77. The van der Waals surface area contributed by atoms with Crippen molar-refractivity contribution in [1.82, 2.24) is 15.2 Å². The van der Waals surface area contributed by atoms with Crippen LogP contribution in [0.3, 0.4) is 0 Å². The van der Waals surface area contributed by atoms with Crippen molar-refractivity contribution in [2.45, 2.75) is 6.92 Å². The number of rotatable bonds is 2. The van der Waals surface area contributed by atoms with Gasteiger partial charge in [-0.15, -0.1) is 0 Å². The third kappa shape index (κ3) is 3.38. The Bertz CT molecular complexity index is 633. The fourth-order valence-corrected chi connectivity index (χ4v) is 1.51. The number of nitrogens with two attached hydrogens (primary N) is 1. The number of pyridine rings is 1. The second-order valence-corrected chi connectivity index (χ2v) is 4.01. The predicted octanol–water partition coefficient (Wildman–Crippen LogP) is 2.00. The molecule has 3 N–H and O–H groups in total. The lowest BCUT2D eigenvalue weighted by Crippen LogP contribution is -2.09. The van der Waals surface area contributed by atoms with Crippen LogP contribution < -0.4 is 5.73 Å². The molecule has 5 heteroatoms. The predicted molar refractivity (Wildman–Crippen MR) is 72.7 cm³/mol. The van der Waals surface area contributed by atoms with Crippen molar-refractivity contribution >= 4 is 5.91 Å². The van der Waals surface area contributed by atoms with Crippen LogP contribution in [0.15, 0.2) is 48.8 Å². The first kappa shape index (κ1) is 12.8. The van der Waals surface area contributed by atoms with Gasteiger partial charge < -0.3 is 5.73 Å². The lowest BCUT2D eigenvalue weighted by atomic mass is 10.2. The van der Waals surface area contributed by atoms with Crippen LogP contribution in [0.25, 0.3) is 11.3 Å². The summed E-state index contributed by atoms with van der Waals surface area (Å²) in [5, 5.41) is 7.20. The molecule has 2 aromatic rings. The average Bonchev–Trinajstić information content (AvgIpc) is 2.51. The molecule has 0 fully saturated rings. The number of nitrogens with one attached hydrogen (secondary N) is 1. The number of nitrogens with zero attached hydrogens (tertiary/aromatic N) is 2. The summed E-state index contributed by atoms with van der Waals surface area (Å²) in [6, 6.07) is 10.5. The molecule has 2 heterocycles. The van der Waals surface area contributed by atoms with Gasteiger partial charge in [0.05, 0.1) is 5.69 Å². The molecule has 0 bridgehead atoms. The van der Waals surface area contributed by atoms with Gasteiger partial charge in [0.15, 0.2) is 0 Å². The smallest absolute Gasteiger partial charge is 0.248 e. The normalized spacial score (nSPS) is 9.74. The summed E-state index contributed by atoms with van der Waals surface area (Å²) in [6.45, 7) is 1.86. The van der Waals surface area contributed by atoms with Gasteiger partial charge in [-0.2, -0.15) is 5.10 Å². The quantitative estimate of drug-likeness (QED) is 0.859. The zero-order chi connectivity index (χ0) is 13.7. The molecule has 5 nitrogen and oxygen atoms in total. The number of aromatic nitrogens is 3. The fourth-order valence-electron chi connectivity index (χ4n) is 1.51. The van der Waals surface area contributed by atoms with E-state index in [1.165, 1.54) is 0 Å². The molecule has 0 spiro atoms. The Labute approximate surface area is 110 Å². The first-order valence-corrected chi connectivity index (χ1v) is 5.77. The van der Waals surface area contributed by atoms with Gasteiger partial charge in [0.25, 0.3) is 0 Å². The van der Waals surface area contributed by atoms with Crippen LogP contribution >= 0.6 is 0 Å². The maximum absolute atomic E-state index is 11.3. The zero-order valence-corrected chi connectivity index (χ0v) is 10.5. The van der Waals surface area contributed by atoms with Crippen molar-refractivity contribution in [3.63, 3.8) is 0 Å². The number of aromatic amines is 1. The standard InChI is InChI=1S/C14H14N4O/c1-10-2-3-12(14(15)19)4-5-13(18-17-10)11-6-8-16-9-7-11/h2-9,17H,1H3,(H2,15,19). The van der Waals surface area contributed by atoms with E-state index >= 15 is 0 Å². The number of carbonyl (C=O) groups excluding carboxylic acids is 1. The molecule has 2 aromatic heterocycles. The highest BCUT2D eigenvalue weighted by molar-refractivity contribution is 5.92. The van der Waals surface area contributed by atoms with Gasteiger partial charge in [0.1, 0.15) is 0 Å². The number of amides is 1. The fraction of sp³-hybridized carbons (Fsp3) is 0.0714. The average molecular weight is 254 g/mol. The van der Waals surface area contributed by atoms with E-state index < -0.39 is 5.91 Å². The molecule has 96 valence electrons. The van der Waals surface area contributed by atoms with Gasteiger partial charge in [-0.25, -0.2) is 0 Å². The number of hydrogen-bond acceptors (Lipinski definition) is 3. The molecule has 0 radical (unpaired) electrons. The zero-order valence-electron chi connectivity index (χ0n) is 10.5. The van der Waals surface area contributed by atoms with Crippen molar-refractivity contribution in [3.05, 3.63) is 60.0 Å². The number of hydrogen-bond donors (Lipinski definition) is 2. The molecule has 2 rings (SSSR count). The van der Waals surface area contributed by atoms with Crippen LogP contribution in [-0.2, 0) is 0 Å². The minimum atomic E-state index is -0.476. The summed E-state index contributed by atoms with van der Waals surface area (Å²) in [6.07, 6.45) is 3.37. The van der Waals surface area contributed by atoms with E-state index in [9.17, 15) is 4.79 Å². The Morgan fingerprint density at radius 2 is 1.79 bits per heavy atom. The first-order chi connectivity index (χ1) is 9.16. The summed E-state index contributed by atoms with van der Waals surface area (Å²) < 4.78 is 0. The van der Waals surface area contributed by atoms with E-state index in [1.807, 2.05) is 19.1 Å². The van der Waals surface area contributed by atoms with E-state index in [-0.39, 0.29) is 0 Å². The number of primary amides is 1. The molecule has 0 aliphatic carbocycles. The van der Waals surface area contributed by atoms with Crippen LogP contribution in [0.4, 0.5) is 0 Å². The van der Waals surface area contributed by atoms with E-state index in [0.717, 1.165) is 11.3 Å². The summed E-state index contributed by atoms with van der Waals surface area (Å²) in [5.74, 6) is -0.476.